The first-order valence-corrected chi connectivity index (χ1v) is 8.25. The fraction of sp³-hybridized carbons (Fsp3) is 0.500. The lowest BCUT2D eigenvalue weighted by atomic mass is 10.0. The highest BCUT2D eigenvalue weighted by Gasteiger charge is 2.36. The quantitative estimate of drug-likeness (QED) is 0.797. The van der Waals surface area contributed by atoms with E-state index in [-0.39, 0.29) is 24.1 Å². The number of nitrogens with zero attached hydrogens (tertiary/aromatic N) is 3. The highest BCUT2D eigenvalue weighted by molar-refractivity contribution is 5.31. The predicted octanol–water partition coefficient (Wildman–Crippen LogP) is 1.87. The van der Waals surface area contributed by atoms with Gasteiger partial charge < -0.3 is 14.2 Å². The Morgan fingerprint density at radius 3 is 2.68 bits per heavy atom. The Morgan fingerprint density at radius 1 is 1.24 bits per heavy atom. The van der Waals surface area contributed by atoms with Gasteiger partial charge in [0.1, 0.15) is 18.0 Å². The molecule has 6 nitrogen and oxygen atoms in total. The van der Waals surface area contributed by atoms with Gasteiger partial charge in [0, 0.05) is 32.5 Å². The van der Waals surface area contributed by atoms with E-state index in [1.54, 1.807) is 31.0 Å². The van der Waals surface area contributed by atoms with Crippen molar-refractivity contribution in [3.63, 3.8) is 0 Å². The Balaban J connectivity index is 1.68. The van der Waals surface area contributed by atoms with Crippen molar-refractivity contribution in [3.8, 4) is 5.69 Å². The van der Waals surface area contributed by atoms with E-state index >= 15 is 0 Å². The van der Waals surface area contributed by atoms with Crippen LogP contribution in [0.5, 0.6) is 0 Å². The number of hydrogen-bond acceptors (Lipinski definition) is 5. The molecular formula is C18H24FN3O3. The minimum absolute atomic E-state index is 0.0455. The maximum absolute atomic E-state index is 13.0. The van der Waals surface area contributed by atoms with E-state index in [1.165, 1.54) is 12.1 Å². The van der Waals surface area contributed by atoms with Gasteiger partial charge in [0.15, 0.2) is 0 Å². The third-order valence-electron chi connectivity index (χ3n) is 4.62. The molecular weight excluding hydrogens is 325 g/mol. The lowest BCUT2D eigenvalue weighted by Crippen LogP contribution is -2.56. The topological polar surface area (TPSA) is 48.8 Å². The monoisotopic (exact) mass is 349 g/mol. The minimum Gasteiger partial charge on any atom is -0.377 e. The third kappa shape index (κ3) is 4.07. The highest BCUT2D eigenvalue weighted by atomic mass is 19.1. The summed E-state index contributed by atoms with van der Waals surface area (Å²) in [5.41, 5.74) is 1.88. The first kappa shape index (κ1) is 18.0. The SMILES string of the molecule is CO[C@H]1[C@H](N(C)Cc2cnn(-c3ccc(F)cc3)c2)COC[C@H]1OC. The Morgan fingerprint density at radius 2 is 2.00 bits per heavy atom. The molecule has 25 heavy (non-hydrogen) atoms. The maximum Gasteiger partial charge on any atom is 0.123 e. The predicted molar refractivity (Wildman–Crippen MR) is 91.2 cm³/mol. The van der Waals surface area contributed by atoms with Gasteiger partial charge in [0.05, 0.1) is 31.1 Å². The standard InChI is InChI=1S/C18H24FN3O3/c1-21(16-11-25-12-17(23-2)18(16)24-3)9-13-8-20-22(10-13)15-6-4-14(19)5-7-15/h4-8,10,16-18H,9,11-12H2,1-3H3/t16-,17-,18+/m1/s1. The summed E-state index contributed by atoms with van der Waals surface area (Å²) in [4.78, 5) is 2.19. The highest BCUT2D eigenvalue weighted by Crippen LogP contribution is 2.20. The van der Waals surface area contributed by atoms with Crippen molar-refractivity contribution in [1.29, 1.82) is 0 Å². The molecule has 1 fully saturated rings. The van der Waals surface area contributed by atoms with Crippen molar-refractivity contribution in [2.24, 2.45) is 0 Å². The van der Waals surface area contributed by atoms with Crippen molar-refractivity contribution >= 4 is 0 Å². The van der Waals surface area contributed by atoms with Gasteiger partial charge in [-0.2, -0.15) is 5.10 Å². The molecule has 0 radical (unpaired) electrons. The molecule has 1 aromatic heterocycles. The number of likely N-dealkylation sites (N-methyl/N-ethyl adjacent to an activating group) is 1. The summed E-state index contributed by atoms with van der Waals surface area (Å²) in [7, 11) is 5.41. The summed E-state index contributed by atoms with van der Waals surface area (Å²) in [6.07, 6.45) is 3.64. The Hall–Kier alpha value is -1.80. The number of ether oxygens (including phenoxy) is 3. The Labute approximate surface area is 147 Å². The van der Waals surface area contributed by atoms with E-state index in [0.717, 1.165) is 11.3 Å². The van der Waals surface area contributed by atoms with E-state index in [1.807, 2.05) is 19.4 Å². The van der Waals surface area contributed by atoms with Crippen molar-refractivity contribution in [2.75, 3.05) is 34.5 Å². The van der Waals surface area contributed by atoms with Crippen LogP contribution >= 0.6 is 0 Å². The molecule has 0 aliphatic carbocycles. The second kappa shape index (κ2) is 8.05. The lowest BCUT2D eigenvalue weighted by Gasteiger charge is -2.40. The zero-order chi connectivity index (χ0) is 17.8. The second-order valence-corrected chi connectivity index (χ2v) is 6.26. The largest absolute Gasteiger partial charge is 0.377 e. The van der Waals surface area contributed by atoms with Gasteiger partial charge in [0.2, 0.25) is 0 Å². The van der Waals surface area contributed by atoms with Gasteiger partial charge in [-0.25, -0.2) is 9.07 Å². The van der Waals surface area contributed by atoms with Crippen LogP contribution in [0.1, 0.15) is 5.56 Å². The van der Waals surface area contributed by atoms with Crippen LogP contribution in [-0.2, 0) is 20.8 Å². The average Bonchev–Trinajstić information content (AvgIpc) is 3.09. The van der Waals surface area contributed by atoms with Crippen LogP contribution in [0, 0.1) is 5.82 Å². The smallest absolute Gasteiger partial charge is 0.123 e. The number of benzene rings is 1. The molecule has 1 saturated heterocycles. The molecule has 2 heterocycles. The molecule has 0 spiro atoms. The summed E-state index contributed by atoms with van der Waals surface area (Å²) in [6, 6.07) is 6.36. The summed E-state index contributed by atoms with van der Waals surface area (Å²) in [5.74, 6) is -0.258. The van der Waals surface area contributed by atoms with E-state index < -0.39 is 0 Å². The van der Waals surface area contributed by atoms with Crippen molar-refractivity contribution < 1.29 is 18.6 Å². The average molecular weight is 349 g/mol. The van der Waals surface area contributed by atoms with E-state index in [2.05, 4.69) is 10.00 Å². The van der Waals surface area contributed by atoms with Crippen LogP contribution in [0.25, 0.3) is 5.69 Å². The summed E-state index contributed by atoms with van der Waals surface area (Å²) < 4.78 is 31.6. The molecule has 0 saturated carbocycles. The third-order valence-corrected chi connectivity index (χ3v) is 4.62. The fourth-order valence-corrected chi connectivity index (χ4v) is 3.21. The van der Waals surface area contributed by atoms with Crippen molar-refractivity contribution in [1.82, 2.24) is 14.7 Å². The van der Waals surface area contributed by atoms with E-state index in [9.17, 15) is 4.39 Å². The normalized spacial score (nSPS) is 24.0. The van der Waals surface area contributed by atoms with Gasteiger partial charge in [-0.15, -0.1) is 0 Å². The first-order chi connectivity index (χ1) is 12.1. The molecule has 3 atom stereocenters. The van der Waals surface area contributed by atoms with Crippen LogP contribution in [0.3, 0.4) is 0 Å². The summed E-state index contributed by atoms with van der Waals surface area (Å²) in [5, 5.41) is 4.36. The van der Waals surface area contributed by atoms with Gasteiger partial charge >= 0.3 is 0 Å². The van der Waals surface area contributed by atoms with Crippen LogP contribution in [-0.4, -0.2) is 67.4 Å². The van der Waals surface area contributed by atoms with Crippen molar-refractivity contribution in [3.05, 3.63) is 48.0 Å². The molecule has 1 aromatic carbocycles. The van der Waals surface area contributed by atoms with Crippen molar-refractivity contribution in [2.45, 2.75) is 24.8 Å². The summed E-state index contributed by atoms with van der Waals surface area (Å²) >= 11 is 0. The van der Waals surface area contributed by atoms with E-state index in [0.29, 0.717) is 19.8 Å². The molecule has 7 heteroatoms. The number of halogens is 1. The zero-order valence-corrected chi connectivity index (χ0v) is 14.8. The lowest BCUT2D eigenvalue weighted by molar-refractivity contribution is -0.153. The molecule has 136 valence electrons. The number of hydrogen-bond donors (Lipinski definition) is 0. The molecule has 0 bridgehead atoms. The number of aromatic nitrogens is 2. The zero-order valence-electron chi connectivity index (χ0n) is 14.8. The molecule has 0 unspecified atom stereocenters. The molecule has 1 aliphatic heterocycles. The molecule has 0 amide bonds. The van der Waals surface area contributed by atoms with Crippen LogP contribution in [0.4, 0.5) is 4.39 Å². The van der Waals surface area contributed by atoms with Gasteiger partial charge in [-0.1, -0.05) is 0 Å². The van der Waals surface area contributed by atoms with Crippen LogP contribution in [0.15, 0.2) is 36.7 Å². The Bertz CT molecular complexity index is 676. The van der Waals surface area contributed by atoms with Gasteiger partial charge in [-0.05, 0) is 31.3 Å². The number of rotatable bonds is 6. The molecule has 2 aromatic rings. The van der Waals surface area contributed by atoms with Crippen LogP contribution in [0.2, 0.25) is 0 Å². The first-order valence-electron chi connectivity index (χ1n) is 8.25. The van der Waals surface area contributed by atoms with Gasteiger partial charge in [-0.3, -0.25) is 4.90 Å². The summed E-state index contributed by atoms with van der Waals surface area (Å²) in [6.45, 7) is 1.84. The molecule has 3 rings (SSSR count). The number of methoxy groups -OCH3 is 2. The molecule has 1 aliphatic rings. The fourth-order valence-electron chi connectivity index (χ4n) is 3.21. The second-order valence-electron chi connectivity index (χ2n) is 6.26. The maximum atomic E-state index is 13.0. The molecule has 0 N–H and O–H groups in total. The minimum atomic E-state index is -0.258. The van der Waals surface area contributed by atoms with Gasteiger partial charge in [0.25, 0.3) is 0 Å². The Kier molecular flexibility index (Phi) is 5.80. The van der Waals surface area contributed by atoms with Crippen LogP contribution < -0.4 is 0 Å². The van der Waals surface area contributed by atoms with E-state index in [4.69, 9.17) is 14.2 Å².